The molecular formula is C13H12Cl2N2O2S. The molecule has 0 spiro atoms. The number of halogens is 2. The SMILES string of the molecule is COC(=O)c1sc(NC(C)c2cccc(Cl)c2)nc1Cl. The second-order valence-electron chi connectivity index (χ2n) is 4.05. The van der Waals surface area contributed by atoms with Gasteiger partial charge in [-0.25, -0.2) is 9.78 Å². The van der Waals surface area contributed by atoms with Crippen LogP contribution in [0.4, 0.5) is 5.13 Å². The lowest BCUT2D eigenvalue weighted by molar-refractivity contribution is 0.0606. The summed E-state index contributed by atoms with van der Waals surface area (Å²) in [4.78, 5) is 15.9. The molecule has 106 valence electrons. The Bertz CT molecular complexity index is 631. The Balaban J connectivity index is 2.16. The van der Waals surface area contributed by atoms with E-state index in [1.165, 1.54) is 7.11 Å². The Morgan fingerprint density at radius 1 is 1.45 bits per heavy atom. The minimum Gasteiger partial charge on any atom is -0.465 e. The predicted molar refractivity (Wildman–Crippen MR) is 82.0 cm³/mol. The zero-order valence-corrected chi connectivity index (χ0v) is 13.1. The molecular weight excluding hydrogens is 319 g/mol. The van der Waals surface area contributed by atoms with Gasteiger partial charge >= 0.3 is 5.97 Å². The van der Waals surface area contributed by atoms with Crippen LogP contribution in [0, 0.1) is 0 Å². The highest BCUT2D eigenvalue weighted by atomic mass is 35.5. The lowest BCUT2D eigenvalue weighted by atomic mass is 10.1. The molecule has 4 nitrogen and oxygen atoms in total. The van der Waals surface area contributed by atoms with E-state index in [9.17, 15) is 4.79 Å². The number of esters is 1. The number of rotatable bonds is 4. The molecule has 1 unspecified atom stereocenters. The maximum absolute atomic E-state index is 11.5. The van der Waals surface area contributed by atoms with Gasteiger partial charge in [-0.2, -0.15) is 0 Å². The quantitative estimate of drug-likeness (QED) is 0.843. The van der Waals surface area contributed by atoms with Gasteiger partial charge in [0.15, 0.2) is 15.2 Å². The normalized spacial score (nSPS) is 12.0. The van der Waals surface area contributed by atoms with E-state index < -0.39 is 5.97 Å². The molecule has 20 heavy (non-hydrogen) atoms. The number of carbonyl (C=O) groups excluding carboxylic acids is 1. The fraction of sp³-hybridized carbons (Fsp3) is 0.231. The van der Waals surface area contributed by atoms with Crippen LogP contribution in [0.3, 0.4) is 0 Å². The van der Waals surface area contributed by atoms with Crippen LogP contribution in [0.2, 0.25) is 10.2 Å². The molecule has 1 heterocycles. The molecule has 7 heteroatoms. The van der Waals surface area contributed by atoms with Crippen molar-refractivity contribution >= 4 is 45.6 Å². The molecule has 1 atom stereocenters. The molecule has 0 fully saturated rings. The molecule has 0 saturated carbocycles. The highest BCUT2D eigenvalue weighted by Gasteiger charge is 2.18. The van der Waals surface area contributed by atoms with Gasteiger partial charge in [-0.15, -0.1) is 0 Å². The van der Waals surface area contributed by atoms with Gasteiger partial charge < -0.3 is 10.1 Å². The maximum atomic E-state index is 11.5. The summed E-state index contributed by atoms with van der Waals surface area (Å²) in [5.74, 6) is -0.490. The average Bonchev–Trinajstić information content (AvgIpc) is 2.78. The second-order valence-corrected chi connectivity index (χ2v) is 5.85. The van der Waals surface area contributed by atoms with Crippen LogP contribution < -0.4 is 5.32 Å². The molecule has 0 aliphatic heterocycles. The highest BCUT2D eigenvalue weighted by Crippen LogP contribution is 2.30. The maximum Gasteiger partial charge on any atom is 0.351 e. The number of hydrogen-bond donors (Lipinski definition) is 1. The summed E-state index contributed by atoms with van der Waals surface area (Å²) in [7, 11) is 1.31. The van der Waals surface area contributed by atoms with Crippen molar-refractivity contribution < 1.29 is 9.53 Å². The van der Waals surface area contributed by atoms with E-state index in [1.807, 2.05) is 31.2 Å². The highest BCUT2D eigenvalue weighted by molar-refractivity contribution is 7.18. The van der Waals surface area contributed by atoms with Crippen LogP contribution in [0.15, 0.2) is 24.3 Å². The van der Waals surface area contributed by atoms with Crippen molar-refractivity contribution in [1.82, 2.24) is 4.98 Å². The summed E-state index contributed by atoms with van der Waals surface area (Å²) < 4.78 is 4.64. The Kier molecular flexibility index (Phi) is 4.86. The number of carbonyl (C=O) groups is 1. The van der Waals surface area contributed by atoms with E-state index in [4.69, 9.17) is 23.2 Å². The largest absolute Gasteiger partial charge is 0.465 e. The minimum absolute atomic E-state index is 0.0126. The smallest absolute Gasteiger partial charge is 0.351 e. The molecule has 1 aromatic carbocycles. The molecule has 2 rings (SSSR count). The summed E-state index contributed by atoms with van der Waals surface area (Å²) in [5, 5.41) is 4.55. The molecule has 0 amide bonds. The number of nitrogens with one attached hydrogen (secondary N) is 1. The number of methoxy groups -OCH3 is 1. The summed E-state index contributed by atoms with van der Waals surface area (Å²) in [5.41, 5.74) is 1.02. The van der Waals surface area contributed by atoms with E-state index in [1.54, 1.807) is 0 Å². The number of nitrogens with zero attached hydrogens (tertiary/aromatic N) is 1. The summed E-state index contributed by atoms with van der Waals surface area (Å²) in [6.45, 7) is 1.97. The minimum atomic E-state index is -0.490. The van der Waals surface area contributed by atoms with Gasteiger partial charge in [-0.1, -0.05) is 46.7 Å². The van der Waals surface area contributed by atoms with Crippen LogP contribution in [0.1, 0.15) is 28.2 Å². The Morgan fingerprint density at radius 3 is 2.85 bits per heavy atom. The van der Waals surface area contributed by atoms with Gasteiger partial charge in [0, 0.05) is 5.02 Å². The first kappa shape index (κ1) is 15.1. The van der Waals surface area contributed by atoms with Gasteiger partial charge in [0.2, 0.25) is 0 Å². The van der Waals surface area contributed by atoms with E-state index in [0.717, 1.165) is 16.9 Å². The van der Waals surface area contributed by atoms with Crippen molar-refractivity contribution in [2.24, 2.45) is 0 Å². The molecule has 0 saturated heterocycles. The third-order valence-corrected chi connectivity index (χ3v) is 4.23. The standard InChI is InChI=1S/C13H12Cl2N2O2S/c1-7(8-4-3-5-9(14)6-8)16-13-17-11(15)10(20-13)12(18)19-2/h3-7H,1-2H3,(H,16,17). The second kappa shape index (κ2) is 6.43. The van der Waals surface area contributed by atoms with Crippen molar-refractivity contribution in [2.75, 3.05) is 12.4 Å². The number of hydrogen-bond acceptors (Lipinski definition) is 5. The molecule has 1 N–H and O–H groups in total. The van der Waals surface area contributed by atoms with Crippen LogP contribution >= 0.6 is 34.5 Å². The van der Waals surface area contributed by atoms with E-state index >= 15 is 0 Å². The third kappa shape index (κ3) is 3.42. The molecule has 0 aliphatic rings. The third-order valence-electron chi connectivity index (χ3n) is 2.65. The summed E-state index contributed by atoms with van der Waals surface area (Å²) in [6, 6.07) is 7.51. The van der Waals surface area contributed by atoms with Crippen molar-refractivity contribution in [1.29, 1.82) is 0 Å². The molecule has 2 aromatic rings. The summed E-state index contributed by atoms with van der Waals surface area (Å²) >= 11 is 13.0. The lowest BCUT2D eigenvalue weighted by Crippen LogP contribution is -2.06. The van der Waals surface area contributed by atoms with Crippen LogP contribution in [-0.2, 0) is 4.74 Å². The molecule has 0 radical (unpaired) electrons. The van der Waals surface area contributed by atoms with E-state index in [-0.39, 0.29) is 16.1 Å². The van der Waals surface area contributed by atoms with Crippen LogP contribution in [-0.4, -0.2) is 18.1 Å². The topological polar surface area (TPSA) is 51.2 Å². The number of anilines is 1. The van der Waals surface area contributed by atoms with Crippen LogP contribution in [0.25, 0.3) is 0 Å². The van der Waals surface area contributed by atoms with E-state index in [0.29, 0.717) is 10.2 Å². The number of ether oxygens (including phenoxy) is 1. The van der Waals surface area contributed by atoms with E-state index in [2.05, 4.69) is 15.0 Å². The monoisotopic (exact) mass is 330 g/mol. The molecule has 1 aromatic heterocycles. The van der Waals surface area contributed by atoms with Gasteiger partial charge in [-0.05, 0) is 24.6 Å². The molecule has 0 bridgehead atoms. The van der Waals surface area contributed by atoms with Crippen LogP contribution in [0.5, 0.6) is 0 Å². The van der Waals surface area contributed by atoms with Gasteiger partial charge in [0.05, 0.1) is 13.2 Å². The zero-order valence-electron chi connectivity index (χ0n) is 10.8. The van der Waals surface area contributed by atoms with Gasteiger partial charge in [-0.3, -0.25) is 0 Å². The predicted octanol–water partition coefficient (Wildman–Crippen LogP) is 4.41. The lowest BCUT2D eigenvalue weighted by Gasteiger charge is -2.13. The summed E-state index contributed by atoms with van der Waals surface area (Å²) in [6.07, 6.45) is 0. The number of aromatic nitrogens is 1. The fourth-order valence-corrected chi connectivity index (χ4v) is 3.02. The first-order valence-corrected chi connectivity index (χ1v) is 7.35. The number of benzene rings is 1. The Morgan fingerprint density at radius 2 is 2.20 bits per heavy atom. The first-order chi connectivity index (χ1) is 9.51. The van der Waals surface area contributed by atoms with Crippen molar-refractivity contribution in [2.45, 2.75) is 13.0 Å². The van der Waals surface area contributed by atoms with Gasteiger partial charge in [0.1, 0.15) is 0 Å². The zero-order chi connectivity index (χ0) is 14.7. The van der Waals surface area contributed by atoms with Crippen molar-refractivity contribution in [3.8, 4) is 0 Å². The average molecular weight is 331 g/mol. The number of thiazole rings is 1. The van der Waals surface area contributed by atoms with Crippen molar-refractivity contribution in [3.63, 3.8) is 0 Å². The Labute approximate surface area is 130 Å². The van der Waals surface area contributed by atoms with Gasteiger partial charge in [0.25, 0.3) is 0 Å². The Hall–Kier alpha value is -1.30. The van der Waals surface area contributed by atoms with Crippen molar-refractivity contribution in [3.05, 3.63) is 44.9 Å². The first-order valence-electron chi connectivity index (χ1n) is 5.78. The molecule has 0 aliphatic carbocycles. The fourth-order valence-electron chi connectivity index (χ4n) is 1.63.